The lowest BCUT2D eigenvalue weighted by Gasteiger charge is -2.20. The molecule has 0 aliphatic heterocycles. The molecule has 0 heterocycles. The highest BCUT2D eigenvalue weighted by Crippen LogP contribution is 2.27. The van der Waals surface area contributed by atoms with E-state index in [2.05, 4.69) is 4.72 Å². The van der Waals surface area contributed by atoms with Gasteiger partial charge in [-0.25, -0.2) is 13.1 Å². The first-order chi connectivity index (χ1) is 9.47. The lowest BCUT2D eigenvalue weighted by atomic mass is 10.1. The van der Waals surface area contributed by atoms with Gasteiger partial charge in [0.05, 0.1) is 16.5 Å². The lowest BCUT2D eigenvalue weighted by Crippen LogP contribution is -2.40. The van der Waals surface area contributed by atoms with Crippen molar-refractivity contribution in [3.05, 3.63) is 29.3 Å². The Bertz CT molecular complexity index is 634. The number of nitrogens with two attached hydrogens (primary N) is 1. The predicted octanol–water partition coefficient (Wildman–Crippen LogP) is 1.27. The summed E-state index contributed by atoms with van der Waals surface area (Å²) in [5, 5.41) is 8.90. The number of sulfonamides is 1. The third kappa shape index (κ3) is 3.01. The molecule has 3 N–H and O–H groups in total. The van der Waals surface area contributed by atoms with E-state index in [4.69, 9.17) is 11.0 Å². The number of nitriles is 1. The van der Waals surface area contributed by atoms with Gasteiger partial charge in [0.15, 0.2) is 0 Å². The van der Waals surface area contributed by atoms with Gasteiger partial charge in [-0.1, -0.05) is 12.5 Å². The highest BCUT2D eigenvalue weighted by Gasteiger charge is 2.30. The smallest absolute Gasteiger partial charge is 0.241 e. The first-order valence-corrected chi connectivity index (χ1v) is 8.19. The quantitative estimate of drug-likeness (QED) is 0.873. The van der Waals surface area contributed by atoms with Crippen LogP contribution in [0.1, 0.15) is 30.4 Å². The van der Waals surface area contributed by atoms with Gasteiger partial charge in [0.25, 0.3) is 0 Å². The maximum absolute atomic E-state index is 12.5. The number of hydrogen-bond acceptors (Lipinski definition) is 4. The van der Waals surface area contributed by atoms with E-state index in [9.17, 15) is 8.42 Å². The Morgan fingerprint density at radius 1 is 1.45 bits per heavy atom. The van der Waals surface area contributed by atoms with Gasteiger partial charge in [0.1, 0.15) is 0 Å². The second-order valence-corrected chi connectivity index (χ2v) is 6.93. The SMILES string of the molecule is Cc1ccc(C#N)cc1S(=O)(=O)N[C@H]1CCC[C@@H]1CN. The van der Waals surface area contributed by atoms with E-state index in [1.807, 2.05) is 6.07 Å². The Labute approximate surface area is 119 Å². The van der Waals surface area contributed by atoms with Crippen LogP contribution in [0, 0.1) is 24.2 Å². The molecule has 6 heteroatoms. The van der Waals surface area contributed by atoms with Crippen LogP contribution in [0.25, 0.3) is 0 Å². The summed E-state index contributed by atoms with van der Waals surface area (Å²) in [6, 6.07) is 6.56. The molecular formula is C14H19N3O2S. The van der Waals surface area contributed by atoms with Crippen molar-refractivity contribution in [2.75, 3.05) is 6.54 Å². The van der Waals surface area contributed by atoms with Crippen molar-refractivity contribution >= 4 is 10.0 Å². The molecule has 0 spiro atoms. The number of nitrogens with one attached hydrogen (secondary N) is 1. The molecule has 2 rings (SSSR count). The molecule has 1 aliphatic rings. The number of benzene rings is 1. The molecule has 0 unspecified atom stereocenters. The molecule has 0 radical (unpaired) electrons. The number of hydrogen-bond donors (Lipinski definition) is 2. The maximum atomic E-state index is 12.5. The normalized spacial score (nSPS) is 22.6. The van der Waals surface area contributed by atoms with Crippen molar-refractivity contribution in [1.82, 2.24) is 4.72 Å². The average molecular weight is 293 g/mol. The molecule has 20 heavy (non-hydrogen) atoms. The minimum Gasteiger partial charge on any atom is -0.330 e. The Kier molecular flexibility index (Phi) is 4.43. The van der Waals surface area contributed by atoms with Crippen molar-refractivity contribution in [2.24, 2.45) is 11.7 Å². The molecule has 2 atom stereocenters. The van der Waals surface area contributed by atoms with Gasteiger partial charge in [0, 0.05) is 6.04 Å². The molecule has 0 saturated heterocycles. The highest BCUT2D eigenvalue weighted by molar-refractivity contribution is 7.89. The number of rotatable bonds is 4. The molecular weight excluding hydrogens is 274 g/mol. The zero-order valence-electron chi connectivity index (χ0n) is 11.5. The topological polar surface area (TPSA) is 96.0 Å². The van der Waals surface area contributed by atoms with Crippen LogP contribution in [0.2, 0.25) is 0 Å². The second-order valence-electron chi connectivity index (χ2n) is 5.25. The van der Waals surface area contributed by atoms with Crippen molar-refractivity contribution in [3.8, 4) is 6.07 Å². The molecule has 1 aromatic carbocycles. The van der Waals surface area contributed by atoms with Crippen molar-refractivity contribution in [1.29, 1.82) is 5.26 Å². The molecule has 5 nitrogen and oxygen atoms in total. The van der Waals surface area contributed by atoms with E-state index in [0.717, 1.165) is 19.3 Å². The summed E-state index contributed by atoms with van der Waals surface area (Å²) < 4.78 is 27.7. The van der Waals surface area contributed by atoms with Crippen LogP contribution >= 0.6 is 0 Å². The molecule has 0 bridgehead atoms. The van der Waals surface area contributed by atoms with Crippen LogP contribution in [0.15, 0.2) is 23.1 Å². The molecule has 1 aliphatic carbocycles. The largest absolute Gasteiger partial charge is 0.330 e. The monoisotopic (exact) mass is 293 g/mol. The van der Waals surface area contributed by atoms with Crippen LogP contribution in [0.3, 0.4) is 0 Å². The molecule has 1 aromatic rings. The summed E-state index contributed by atoms with van der Waals surface area (Å²) in [7, 11) is -3.61. The van der Waals surface area contributed by atoms with Gasteiger partial charge in [-0.15, -0.1) is 0 Å². The van der Waals surface area contributed by atoms with E-state index in [-0.39, 0.29) is 16.9 Å². The van der Waals surface area contributed by atoms with Gasteiger partial charge < -0.3 is 5.73 Å². The summed E-state index contributed by atoms with van der Waals surface area (Å²) in [6.45, 7) is 2.22. The summed E-state index contributed by atoms with van der Waals surface area (Å²) in [6.07, 6.45) is 2.77. The minimum atomic E-state index is -3.61. The van der Waals surface area contributed by atoms with Gasteiger partial charge in [-0.3, -0.25) is 0 Å². The maximum Gasteiger partial charge on any atom is 0.241 e. The average Bonchev–Trinajstić information content (AvgIpc) is 2.85. The van der Waals surface area contributed by atoms with Crippen LogP contribution in [0.4, 0.5) is 0 Å². The number of nitrogens with zero attached hydrogens (tertiary/aromatic N) is 1. The van der Waals surface area contributed by atoms with E-state index in [1.54, 1.807) is 19.1 Å². The standard InChI is InChI=1S/C14H19N3O2S/c1-10-5-6-11(8-15)7-14(10)20(18,19)17-13-4-2-3-12(13)9-16/h5-7,12-13,17H,2-4,9,16H2,1H3/t12-,13+/m1/s1. The second kappa shape index (κ2) is 5.92. The summed E-state index contributed by atoms with van der Waals surface area (Å²) in [5.41, 5.74) is 6.66. The molecule has 1 saturated carbocycles. The highest BCUT2D eigenvalue weighted by atomic mass is 32.2. The Balaban J connectivity index is 2.29. The third-order valence-corrected chi connectivity index (χ3v) is 5.51. The van der Waals surface area contributed by atoms with Crippen LogP contribution in [-0.2, 0) is 10.0 Å². The van der Waals surface area contributed by atoms with E-state index in [1.165, 1.54) is 6.07 Å². The molecule has 1 fully saturated rings. The third-order valence-electron chi connectivity index (χ3n) is 3.88. The zero-order valence-corrected chi connectivity index (χ0v) is 12.3. The van der Waals surface area contributed by atoms with Crippen LogP contribution < -0.4 is 10.5 Å². The van der Waals surface area contributed by atoms with Crippen LogP contribution in [-0.4, -0.2) is 21.0 Å². The molecule has 0 aromatic heterocycles. The van der Waals surface area contributed by atoms with Gasteiger partial charge in [-0.05, 0) is 49.9 Å². The first kappa shape index (κ1) is 15.0. The summed E-state index contributed by atoms with van der Waals surface area (Å²) in [5.74, 6) is 0.198. The predicted molar refractivity (Wildman–Crippen MR) is 76.4 cm³/mol. The lowest BCUT2D eigenvalue weighted by molar-refractivity contribution is 0.452. The minimum absolute atomic E-state index is 0.102. The Morgan fingerprint density at radius 2 is 2.20 bits per heavy atom. The van der Waals surface area contributed by atoms with E-state index >= 15 is 0 Å². The van der Waals surface area contributed by atoms with Crippen LogP contribution in [0.5, 0.6) is 0 Å². The summed E-state index contributed by atoms with van der Waals surface area (Å²) >= 11 is 0. The Hall–Kier alpha value is -1.42. The first-order valence-electron chi connectivity index (χ1n) is 6.71. The van der Waals surface area contributed by atoms with Crippen molar-refractivity contribution in [2.45, 2.75) is 37.1 Å². The van der Waals surface area contributed by atoms with E-state index < -0.39 is 10.0 Å². The van der Waals surface area contributed by atoms with E-state index in [0.29, 0.717) is 17.7 Å². The fourth-order valence-electron chi connectivity index (χ4n) is 2.70. The van der Waals surface area contributed by atoms with Gasteiger partial charge in [0.2, 0.25) is 10.0 Å². The summed E-state index contributed by atoms with van der Waals surface area (Å²) in [4.78, 5) is 0.180. The van der Waals surface area contributed by atoms with Gasteiger partial charge >= 0.3 is 0 Å². The fourth-order valence-corrected chi connectivity index (χ4v) is 4.31. The molecule has 108 valence electrons. The number of aryl methyl sites for hydroxylation is 1. The zero-order chi connectivity index (χ0) is 14.8. The van der Waals surface area contributed by atoms with Crippen molar-refractivity contribution in [3.63, 3.8) is 0 Å². The van der Waals surface area contributed by atoms with Crippen molar-refractivity contribution < 1.29 is 8.42 Å². The molecule has 0 amide bonds. The fraction of sp³-hybridized carbons (Fsp3) is 0.500. The Morgan fingerprint density at radius 3 is 2.85 bits per heavy atom. The van der Waals surface area contributed by atoms with Gasteiger partial charge in [-0.2, -0.15) is 5.26 Å².